The van der Waals surface area contributed by atoms with Crippen LogP contribution in [-0.4, -0.2) is 18.5 Å². The van der Waals surface area contributed by atoms with Crippen molar-refractivity contribution in [2.24, 2.45) is 5.41 Å². The summed E-state index contributed by atoms with van der Waals surface area (Å²) in [5.41, 5.74) is -1.67. The van der Waals surface area contributed by atoms with Crippen molar-refractivity contribution in [3.8, 4) is 29.8 Å². The monoisotopic (exact) mass is 329 g/mol. The van der Waals surface area contributed by atoms with Gasteiger partial charge in [-0.05, 0) is 0 Å². The molecule has 0 aliphatic carbocycles. The molecule has 122 valence electrons. The van der Waals surface area contributed by atoms with Crippen LogP contribution >= 0.6 is 6.60 Å². The molecule has 0 amide bonds. The molecule has 6 heteroatoms. The van der Waals surface area contributed by atoms with Crippen LogP contribution in [0.5, 0.6) is 0 Å². The summed E-state index contributed by atoms with van der Waals surface area (Å²) in [6.07, 6.45) is 5.66. The molecule has 0 fully saturated rings. The van der Waals surface area contributed by atoms with Gasteiger partial charge in [0, 0.05) is 0 Å². The second kappa shape index (κ2) is 9.12. The van der Waals surface area contributed by atoms with Crippen LogP contribution < -0.4 is 0 Å². The molecule has 0 N–H and O–H groups in total. The molecule has 0 aliphatic heterocycles. The standard InChI is InChI=1S/C17H24N5P/c1-3-5-9-23(15-21,16-22,10-6-4-2)11-7-8-17(12-18,13-19)14-20/h3-11H2,1-2H3. The van der Waals surface area contributed by atoms with E-state index in [-0.39, 0.29) is 6.42 Å². The van der Waals surface area contributed by atoms with Gasteiger partial charge in [0.1, 0.15) is 0 Å². The molecule has 0 saturated heterocycles. The summed E-state index contributed by atoms with van der Waals surface area (Å²) >= 11 is 0. The number of hydrogen-bond donors (Lipinski definition) is 0. The van der Waals surface area contributed by atoms with E-state index >= 15 is 0 Å². The molecule has 23 heavy (non-hydrogen) atoms. The molecule has 0 saturated carbocycles. The molecule has 5 nitrogen and oxygen atoms in total. The minimum absolute atomic E-state index is 0.0933. The van der Waals surface area contributed by atoms with Gasteiger partial charge in [0.15, 0.2) is 0 Å². The van der Waals surface area contributed by atoms with Crippen LogP contribution in [0.15, 0.2) is 0 Å². The van der Waals surface area contributed by atoms with Crippen molar-refractivity contribution in [3.63, 3.8) is 0 Å². The number of rotatable bonds is 10. The summed E-state index contributed by atoms with van der Waals surface area (Å²) in [4.78, 5) is 0. The van der Waals surface area contributed by atoms with Crippen LogP contribution in [0, 0.1) is 61.6 Å². The van der Waals surface area contributed by atoms with E-state index in [4.69, 9.17) is 15.8 Å². The second-order valence-electron chi connectivity index (χ2n) is 6.15. The summed E-state index contributed by atoms with van der Waals surface area (Å²) < 4.78 is 0. The van der Waals surface area contributed by atoms with Crippen molar-refractivity contribution in [1.82, 2.24) is 0 Å². The fraction of sp³-hybridized carbons (Fsp3) is 0.706. The van der Waals surface area contributed by atoms with E-state index in [1.165, 1.54) is 0 Å². The maximum atomic E-state index is 9.87. The van der Waals surface area contributed by atoms with Crippen LogP contribution in [0.1, 0.15) is 52.4 Å². The molecule has 0 bridgehead atoms. The Kier molecular flexibility index (Phi) is 8.28. The average Bonchev–Trinajstić information content (AvgIpc) is 2.62. The first-order valence-electron chi connectivity index (χ1n) is 8.03. The number of nitriles is 5. The third-order valence-electron chi connectivity index (χ3n) is 4.45. The van der Waals surface area contributed by atoms with Gasteiger partial charge in [0.05, 0.1) is 0 Å². The average molecular weight is 329 g/mol. The number of unbranched alkanes of at least 4 members (excludes halogenated alkanes) is 2. The van der Waals surface area contributed by atoms with Crippen molar-refractivity contribution in [1.29, 1.82) is 26.3 Å². The Morgan fingerprint density at radius 1 is 0.696 bits per heavy atom. The van der Waals surface area contributed by atoms with Gasteiger partial charge in [-0.15, -0.1) is 0 Å². The van der Waals surface area contributed by atoms with Crippen molar-refractivity contribution in [2.75, 3.05) is 18.5 Å². The zero-order chi connectivity index (χ0) is 17.8. The molecule has 0 unspecified atom stereocenters. The van der Waals surface area contributed by atoms with Gasteiger partial charge in [-0.3, -0.25) is 0 Å². The quantitative estimate of drug-likeness (QED) is 0.549. The molecule has 0 heterocycles. The van der Waals surface area contributed by atoms with Gasteiger partial charge in [0.25, 0.3) is 0 Å². The predicted octanol–water partition coefficient (Wildman–Crippen LogP) is 4.44. The molecule has 0 atom stereocenters. The summed E-state index contributed by atoms with van der Waals surface area (Å²) in [7, 11) is 0. The van der Waals surface area contributed by atoms with Crippen LogP contribution in [0.3, 0.4) is 0 Å². The van der Waals surface area contributed by atoms with Gasteiger partial charge in [-0.25, -0.2) is 0 Å². The van der Waals surface area contributed by atoms with Crippen LogP contribution in [0.25, 0.3) is 0 Å². The predicted molar refractivity (Wildman–Crippen MR) is 91.1 cm³/mol. The summed E-state index contributed by atoms with van der Waals surface area (Å²) in [5.74, 6) is 4.82. The molecule has 0 aliphatic rings. The van der Waals surface area contributed by atoms with Crippen LogP contribution in [0.4, 0.5) is 0 Å². The summed E-state index contributed by atoms with van der Waals surface area (Å²) in [6.45, 7) is 0.892. The van der Waals surface area contributed by atoms with E-state index in [9.17, 15) is 10.5 Å². The first kappa shape index (κ1) is 20.9. The molecule has 0 radical (unpaired) electrons. The summed E-state index contributed by atoms with van der Waals surface area (Å²) in [5, 5.41) is 46.9. The van der Waals surface area contributed by atoms with E-state index < -0.39 is 12.0 Å². The van der Waals surface area contributed by atoms with Crippen LogP contribution in [0.2, 0.25) is 0 Å². The maximum absolute atomic E-state index is 9.87. The second-order valence-corrected chi connectivity index (χ2v) is 11.4. The Hall–Kier alpha value is -2.12. The third kappa shape index (κ3) is 4.94. The van der Waals surface area contributed by atoms with Crippen molar-refractivity contribution < 1.29 is 0 Å². The Morgan fingerprint density at radius 2 is 1.09 bits per heavy atom. The Morgan fingerprint density at radius 3 is 1.39 bits per heavy atom. The Balaban J connectivity index is 5.39. The third-order valence-corrected chi connectivity index (χ3v) is 9.69. The van der Waals surface area contributed by atoms with E-state index in [1.54, 1.807) is 18.2 Å². The number of nitrogens with zero attached hydrogens (tertiary/aromatic N) is 5. The molecule has 0 spiro atoms. The van der Waals surface area contributed by atoms with Crippen molar-refractivity contribution in [2.45, 2.75) is 52.4 Å². The molecule has 0 aromatic rings. The van der Waals surface area contributed by atoms with Crippen LogP contribution in [-0.2, 0) is 0 Å². The summed E-state index contributed by atoms with van der Waals surface area (Å²) in [6, 6.07) is 5.29. The van der Waals surface area contributed by atoms with E-state index in [2.05, 4.69) is 11.6 Å². The molecule has 0 aromatic heterocycles. The van der Waals surface area contributed by atoms with Crippen molar-refractivity contribution in [3.05, 3.63) is 0 Å². The molecule has 0 rings (SSSR count). The molecular weight excluding hydrogens is 305 g/mol. The normalized spacial score (nSPS) is 12.5. The van der Waals surface area contributed by atoms with Gasteiger partial charge in [0.2, 0.25) is 0 Å². The van der Waals surface area contributed by atoms with E-state index in [0.717, 1.165) is 25.7 Å². The van der Waals surface area contributed by atoms with E-state index in [0.29, 0.717) is 24.9 Å². The zero-order valence-corrected chi connectivity index (χ0v) is 14.9. The van der Waals surface area contributed by atoms with Gasteiger partial charge in [-0.2, -0.15) is 0 Å². The molecule has 0 aromatic carbocycles. The fourth-order valence-corrected chi connectivity index (χ4v) is 7.10. The van der Waals surface area contributed by atoms with E-state index in [1.807, 2.05) is 13.8 Å². The number of hydrogen-bond acceptors (Lipinski definition) is 5. The Bertz CT molecular complexity index is 543. The first-order valence-corrected chi connectivity index (χ1v) is 10.8. The zero-order valence-electron chi connectivity index (χ0n) is 14.0. The first-order chi connectivity index (χ1) is 10.9. The topological polar surface area (TPSA) is 119 Å². The minimum atomic E-state index is -3.18. The molecular formula is C17H24N5P. The van der Waals surface area contributed by atoms with Gasteiger partial charge < -0.3 is 0 Å². The Labute approximate surface area is 139 Å². The SMILES string of the molecule is CCCCP(C#N)(C#N)(CCCC)CCCC(C#N)(C#N)C#N. The fourth-order valence-electron chi connectivity index (χ4n) is 2.71. The van der Waals surface area contributed by atoms with Gasteiger partial charge in [-0.1, -0.05) is 0 Å². The van der Waals surface area contributed by atoms with Crippen molar-refractivity contribution >= 4 is 6.60 Å². The van der Waals surface area contributed by atoms with Gasteiger partial charge >= 0.3 is 139 Å².